The SMILES string of the molecule is Cc1noc(CCNS(=O)(=O)c2c(N)nn(C)c2C)n1. The van der Waals surface area contributed by atoms with Crippen LogP contribution in [-0.2, 0) is 23.5 Å². The molecule has 0 aliphatic rings. The number of hydrogen-bond donors (Lipinski definition) is 2. The first-order valence-electron chi connectivity index (χ1n) is 5.89. The number of aryl methyl sites for hydroxylation is 2. The minimum absolute atomic E-state index is 0.00158. The minimum atomic E-state index is -3.71. The fourth-order valence-corrected chi connectivity index (χ4v) is 3.10. The molecule has 2 aromatic heterocycles. The van der Waals surface area contributed by atoms with Gasteiger partial charge >= 0.3 is 0 Å². The third-order valence-electron chi connectivity index (χ3n) is 2.77. The van der Waals surface area contributed by atoms with E-state index in [1.165, 1.54) is 4.68 Å². The molecule has 9 nitrogen and oxygen atoms in total. The molecular weight excluding hydrogens is 284 g/mol. The van der Waals surface area contributed by atoms with Crippen LogP contribution < -0.4 is 10.5 Å². The van der Waals surface area contributed by atoms with Crippen molar-refractivity contribution in [1.29, 1.82) is 0 Å². The van der Waals surface area contributed by atoms with Crippen LogP contribution in [0, 0.1) is 13.8 Å². The Labute approximate surface area is 116 Å². The van der Waals surface area contributed by atoms with Gasteiger partial charge in [-0.2, -0.15) is 10.1 Å². The number of anilines is 1. The summed E-state index contributed by atoms with van der Waals surface area (Å²) in [6.45, 7) is 3.47. The van der Waals surface area contributed by atoms with E-state index in [1.54, 1.807) is 20.9 Å². The van der Waals surface area contributed by atoms with Crippen LogP contribution in [0.25, 0.3) is 0 Å². The fraction of sp³-hybridized carbons (Fsp3) is 0.500. The average molecular weight is 300 g/mol. The molecule has 0 bridgehead atoms. The predicted octanol–water partition coefficient (Wildman–Crippen LogP) is -0.477. The lowest BCUT2D eigenvalue weighted by Crippen LogP contribution is -2.27. The molecule has 0 saturated heterocycles. The van der Waals surface area contributed by atoms with E-state index >= 15 is 0 Å². The molecular formula is C10H16N6O3S. The molecule has 0 unspecified atom stereocenters. The molecule has 10 heteroatoms. The van der Waals surface area contributed by atoms with Crippen molar-refractivity contribution in [3.63, 3.8) is 0 Å². The Kier molecular flexibility index (Phi) is 3.77. The van der Waals surface area contributed by atoms with Crippen LogP contribution in [0.5, 0.6) is 0 Å². The van der Waals surface area contributed by atoms with Gasteiger partial charge in [-0.25, -0.2) is 13.1 Å². The highest BCUT2D eigenvalue weighted by molar-refractivity contribution is 7.89. The molecule has 0 atom stereocenters. The first-order chi connectivity index (χ1) is 9.31. The Hall–Kier alpha value is -1.94. The van der Waals surface area contributed by atoms with Gasteiger partial charge in [-0.05, 0) is 13.8 Å². The van der Waals surface area contributed by atoms with Gasteiger partial charge in [0.1, 0.15) is 4.90 Å². The lowest BCUT2D eigenvalue weighted by Gasteiger charge is -2.05. The first-order valence-corrected chi connectivity index (χ1v) is 7.37. The normalized spacial score (nSPS) is 11.9. The van der Waals surface area contributed by atoms with Crippen LogP contribution in [0.15, 0.2) is 9.42 Å². The molecule has 0 saturated carbocycles. The van der Waals surface area contributed by atoms with E-state index in [1.807, 2.05) is 0 Å². The number of nitrogens with one attached hydrogen (secondary N) is 1. The van der Waals surface area contributed by atoms with Gasteiger partial charge in [-0.15, -0.1) is 0 Å². The third kappa shape index (κ3) is 2.80. The Morgan fingerprint density at radius 1 is 1.40 bits per heavy atom. The average Bonchev–Trinajstić information content (AvgIpc) is 2.84. The molecule has 0 amide bonds. The summed E-state index contributed by atoms with van der Waals surface area (Å²) in [7, 11) is -2.08. The lowest BCUT2D eigenvalue weighted by atomic mass is 10.4. The van der Waals surface area contributed by atoms with E-state index in [-0.39, 0.29) is 17.3 Å². The van der Waals surface area contributed by atoms with Crippen molar-refractivity contribution in [1.82, 2.24) is 24.6 Å². The Balaban J connectivity index is 2.08. The van der Waals surface area contributed by atoms with Gasteiger partial charge < -0.3 is 10.3 Å². The molecule has 0 spiro atoms. The third-order valence-corrected chi connectivity index (χ3v) is 4.40. The topological polar surface area (TPSA) is 129 Å². The van der Waals surface area contributed by atoms with E-state index < -0.39 is 10.0 Å². The smallest absolute Gasteiger partial charge is 0.246 e. The lowest BCUT2D eigenvalue weighted by molar-refractivity contribution is 0.375. The van der Waals surface area contributed by atoms with Crippen LogP contribution in [0.4, 0.5) is 5.82 Å². The maximum atomic E-state index is 12.2. The summed E-state index contributed by atoms with van der Waals surface area (Å²) in [6, 6.07) is 0. The molecule has 0 aromatic carbocycles. The predicted molar refractivity (Wildman–Crippen MR) is 70.3 cm³/mol. The fourth-order valence-electron chi connectivity index (χ4n) is 1.75. The number of sulfonamides is 1. The zero-order chi connectivity index (χ0) is 14.9. The van der Waals surface area contributed by atoms with Crippen molar-refractivity contribution in [3.8, 4) is 0 Å². The number of aromatic nitrogens is 4. The summed E-state index contributed by atoms with van der Waals surface area (Å²) in [5.74, 6) is 0.863. The number of rotatable bonds is 5. The Bertz CT molecular complexity index is 717. The Morgan fingerprint density at radius 2 is 2.10 bits per heavy atom. The zero-order valence-corrected chi connectivity index (χ0v) is 12.2. The van der Waals surface area contributed by atoms with Crippen LogP contribution >= 0.6 is 0 Å². The molecule has 0 aliphatic carbocycles. The summed E-state index contributed by atoms with van der Waals surface area (Å²) >= 11 is 0. The second-order valence-electron chi connectivity index (χ2n) is 4.31. The van der Waals surface area contributed by atoms with Gasteiger partial charge in [0.25, 0.3) is 0 Å². The highest BCUT2D eigenvalue weighted by Gasteiger charge is 2.24. The first kappa shape index (κ1) is 14.5. The van der Waals surface area contributed by atoms with Crippen LogP contribution in [0.2, 0.25) is 0 Å². The molecule has 3 N–H and O–H groups in total. The van der Waals surface area contributed by atoms with Crippen molar-refractivity contribution in [2.45, 2.75) is 25.2 Å². The van der Waals surface area contributed by atoms with E-state index in [0.29, 0.717) is 23.8 Å². The van der Waals surface area contributed by atoms with E-state index in [9.17, 15) is 8.42 Å². The van der Waals surface area contributed by atoms with Gasteiger partial charge in [-0.3, -0.25) is 4.68 Å². The van der Waals surface area contributed by atoms with Crippen molar-refractivity contribution >= 4 is 15.8 Å². The maximum absolute atomic E-state index is 12.2. The molecule has 0 fully saturated rings. The number of nitrogens with two attached hydrogens (primary N) is 1. The quantitative estimate of drug-likeness (QED) is 0.763. The van der Waals surface area contributed by atoms with Gasteiger partial charge in [0.2, 0.25) is 15.9 Å². The van der Waals surface area contributed by atoms with Crippen molar-refractivity contribution in [2.75, 3.05) is 12.3 Å². The zero-order valence-electron chi connectivity index (χ0n) is 11.4. The summed E-state index contributed by atoms with van der Waals surface area (Å²) in [5.41, 5.74) is 6.10. The van der Waals surface area contributed by atoms with Crippen molar-refractivity contribution in [3.05, 3.63) is 17.4 Å². The summed E-state index contributed by atoms with van der Waals surface area (Å²) in [5, 5.41) is 7.51. The highest BCUT2D eigenvalue weighted by atomic mass is 32.2. The molecule has 2 rings (SSSR count). The van der Waals surface area contributed by atoms with E-state index in [2.05, 4.69) is 20.0 Å². The van der Waals surface area contributed by atoms with Crippen LogP contribution in [-0.4, -0.2) is 34.9 Å². The van der Waals surface area contributed by atoms with Crippen molar-refractivity contribution in [2.24, 2.45) is 7.05 Å². The van der Waals surface area contributed by atoms with E-state index in [4.69, 9.17) is 10.3 Å². The summed E-state index contributed by atoms with van der Waals surface area (Å²) < 4.78 is 33.1. The number of hydrogen-bond acceptors (Lipinski definition) is 7. The second kappa shape index (κ2) is 5.21. The molecule has 0 aliphatic heterocycles. The van der Waals surface area contributed by atoms with Gasteiger partial charge in [0, 0.05) is 20.0 Å². The van der Waals surface area contributed by atoms with Gasteiger partial charge in [-0.1, -0.05) is 5.16 Å². The number of nitrogen functional groups attached to an aromatic ring is 1. The monoisotopic (exact) mass is 300 g/mol. The largest absolute Gasteiger partial charge is 0.381 e. The minimum Gasteiger partial charge on any atom is -0.381 e. The maximum Gasteiger partial charge on any atom is 0.246 e. The molecule has 0 radical (unpaired) electrons. The highest BCUT2D eigenvalue weighted by Crippen LogP contribution is 2.20. The van der Waals surface area contributed by atoms with E-state index in [0.717, 1.165) is 0 Å². The van der Waals surface area contributed by atoms with Gasteiger partial charge in [0.05, 0.1) is 5.69 Å². The molecule has 20 heavy (non-hydrogen) atoms. The Morgan fingerprint density at radius 3 is 2.60 bits per heavy atom. The van der Waals surface area contributed by atoms with Crippen molar-refractivity contribution < 1.29 is 12.9 Å². The standard InChI is InChI=1S/C10H16N6O3S/c1-6-9(10(11)14-16(6)3)20(17,18)12-5-4-8-13-7(2)15-19-8/h12H,4-5H2,1-3H3,(H2,11,14). The molecule has 2 heterocycles. The second-order valence-corrected chi connectivity index (χ2v) is 6.01. The summed E-state index contributed by atoms with van der Waals surface area (Å²) in [6.07, 6.45) is 0.305. The van der Waals surface area contributed by atoms with Gasteiger partial charge in [0.15, 0.2) is 11.6 Å². The number of nitrogens with zero attached hydrogens (tertiary/aromatic N) is 4. The molecule has 110 valence electrons. The van der Waals surface area contributed by atoms with Crippen LogP contribution in [0.3, 0.4) is 0 Å². The van der Waals surface area contributed by atoms with Crippen LogP contribution in [0.1, 0.15) is 17.4 Å². The summed E-state index contributed by atoms with van der Waals surface area (Å²) in [4.78, 5) is 3.99. The molecule has 2 aromatic rings.